The summed E-state index contributed by atoms with van der Waals surface area (Å²) in [4.78, 5) is 22.8. The van der Waals surface area contributed by atoms with Gasteiger partial charge in [-0.1, -0.05) is 42.1 Å². The molecule has 3 rings (SSSR count). The van der Waals surface area contributed by atoms with Crippen molar-refractivity contribution >= 4 is 29.0 Å². The molecule has 3 aromatic rings. The molecule has 0 aliphatic carbocycles. The number of nitro benzene ring substituents is 1. The van der Waals surface area contributed by atoms with Crippen molar-refractivity contribution in [3.05, 3.63) is 69.6 Å². The van der Waals surface area contributed by atoms with E-state index < -0.39 is 4.92 Å². The Hall–Kier alpha value is -3.40. The van der Waals surface area contributed by atoms with Crippen LogP contribution >= 0.6 is 11.8 Å². The van der Waals surface area contributed by atoms with Gasteiger partial charge >= 0.3 is 5.69 Å². The molecule has 0 aliphatic heterocycles. The molecule has 0 saturated heterocycles. The Bertz CT molecular complexity index is 1020. The number of hydrogen-bond acceptors (Lipinski definition) is 8. The molecule has 10 heteroatoms. The lowest BCUT2D eigenvalue weighted by molar-refractivity contribution is -0.385. The summed E-state index contributed by atoms with van der Waals surface area (Å²) in [6.45, 7) is 1.67. The van der Waals surface area contributed by atoms with Crippen molar-refractivity contribution < 1.29 is 18.9 Å². The van der Waals surface area contributed by atoms with Crippen molar-refractivity contribution in [2.75, 3.05) is 18.2 Å². The first kappa shape index (κ1) is 20.3. The van der Waals surface area contributed by atoms with E-state index in [9.17, 15) is 14.9 Å². The van der Waals surface area contributed by atoms with E-state index in [1.165, 1.54) is 19.2 Å². The molecule has 2 aromatic carbocycles. The second kappa shape index (κ2) is 9.20. The van der Waals surface area contributed by atoms with Gasteiger partial charge in [-0.25, -0.2) is 0 Å². The minimum atomic E-state index is -0.532. The van der Waals surface area contributed by atoms with Crippen molar-refractivity contribution in [1.82, 2.24) is 10.2 Å². The number of carbonyl (C=O) groups excluding carboxylic acids is 1. The van der Waals surface area contributed by atoms with Gasteiger partial charge in [0.15, 0.2) is 5.75 Å². The number of amides is 1. The molecule has 29 heavy (non-hydrogen) atoms. The summed E-state index contributed by atoms with van der Waals surface area (Å²) in [5, 5.41) is 22.0. The Labute approximate surface area is 170 Å². The quantitative estimate of drug-likeness (QED) is 0.337. The van der Waals surface area contributed by atoms with Gasteiger partial charge < -0.3 is 14.5 Å². The molecular formula is C19H18N4O5S. The van der Waals surface area contributed by atoms with Crippen molar-refractivity contribution in [3.8, 4) is 5.75 Å². The lowest BCUT2D eigenvalue weighted by Gasteiger charge is -2.10. The van der Waals surface area contributed by atoms with Crippen LogP contribution in [-0.2, 0) is 11.2 Å². The largest absolute Gasteiger partial charge is 0.490 e. The van der Waals surface area contributed by atoms with Gasteiger partial charge in [0.2, 0.25) is 11.8 Å². The molecule has 0 atom stereocenters. The highest BCUT2D eigenvalue weighted by molar-refractivity contribution is 7.99. The SMILES string of the molecule is COc1cc(NC(=O)CSc2nnc(Cc3ccccc3)o2)c(C)cc1[N+](=O)[O-]. The van der Waals surface area contributed by atoms with Crippen LogP contribution in [0.2, 0.25) is 0 Å². The number of thioether (sulfide) groups is 1. The van der Waals surface area contributed by atoms with Gasteiger partial charge in [0.05, 0.1) is 24.2 Å². The van der Waals surface area contributed by atoms with Crippen LogP contribution in [0.15, 0.2) is 52.1 Å². The lowest BCUT2D eigenvalue weighted by atomic mass is 10.1. The maximum Gasteiger partial charge on any atom is 0.311 e. The van der Waals surface area contributed by atoms with E-state index in [0.29, 0.717) is 28.8 Å². The van der Waals surface area contributed by atoms with Crippen molar-refractivity contribution in [1.29, 1.82) is 0 Å². The number of rotatable bonds is 8. The van der Waals surface area contributed by atoms with Crippen LogP contribution in [0, 0.1) is 17.0 Å². The molecule has 1 amide bonds. The van der Waals surface area contributed by atoms with E-state index >= 15 is 0 Å². The standard InChI is InChI=1S/C19H18N4O5S/c1-12-8-15(23(25)26)16(27-2)10-14(12)20-17(24)11-29-19-22-21-18(28-19)9-13-6-4-3-5-7-13/h3-8,10H,9,11H2,1-2H3,(H,20,24). The topological polar surface area (TPSA) is 120 Å². The fourth-order valence-electron chi connectivity index (χ4n) is 2.57. The molecule has 0 aliphatic rings. The van der Waals surface area contributed by atoms with E-state index in [1.807, 2.05) is 30.3 Å². The third-order valence-corrected chi connectivity index (χ3v) is 4.79. The molecule has 9 nitrogen and oxygen atoms in total. The minimum absolute atomic E-state index is 0.0473. The van der Waals surface area contributed by atoms with E-state index in [4.69, 9.17) is 9.15 Å². The van der Waals surface area contributed by atoms with Crippen LogP contribution in [0.4, 0.5) is 11.4 Å². The molecule has 0 saturated carbocycles. The predicted octanol–water partition coefficient (Wildman–Crippen LogP) is 3.62. The monoisotopic (exact) mass is 414 g/mol. The summed E-state index contributed by atoms with van der Waals surface area (Å²) >= 11 is 1.11. The number of nitrogens with one attached hydrogen (secondary N) is 1. The van der Waals surface area contributed by atoms with Crippen LogP contribution in [-0.4, -0.2) is 33.9 Å². The summed E-state index contributed by atoms with van der Waals surface area (Å²) in [6.07, 6.45) is 0.516. The molecule has 1 N–H and O–H groups in total. The van der Waals surface area contributed by atoms with Crippen LogP contribution in [0.3, 0.4) is 0 Å². The van der Waals surface area contributed by atoms with Crippen LogP contribution in [0.25, 0.3) is 0 Å². The molecule has 0 unspecified atom stereocenters. The van der Waals surface area contributed by atoms with Crippen molar-refractivity contribution in [3.63, 3.8) is 0 Å². The van der Waals surface area contributed by atoms with Crippen molar-refractivity contribution in [2.45, 2.75) is 18.6 Å². The molecular weight excluding hydrogens is 396 g/mol. The van der Waals surface area contributed by atoms with Crippen LogP contribution in [0.5, 0.6) is 5.75 Å². The zero-order valence-corrected chi connectivity index (χ0v) is 16.6. The number of hydrogen-bond donors (Lipinski definition) is 1. The smallest absolute Gasteiger partial charge is 0.311 e. The summed E-state index contributed by atoms with van der Waals surface area (Å²) in [5.41, 5.74) is 1.88. The highest BCUT2D eigenvalue weighted by atomic mass is 32.2. The molecule has 0 bridgehead atoms. The summed E-state index contributed by atoms with van der Waals surface area (Å²) < 4.78 is 10.6. The molecule has 1 aromatic heterocycles. The molecule has 0 radical (unpaired) electrons. The highest BCUT2D eigenvalue weighted by Gasteiger charge is 2.18. The van der Waals surface area contributed by atoms with Gasteiger partial charge in [-0.2, -0.15) is 0 Å². The van der Waals surface area contributed by atoms with Gasteiger partial charge in [0, 0.05) is 17.8 Å². The molecule has 1 heterocycles. The number of aryl methyl sites for hydroxylation is 1. The normalized spacial score (nSPS) is 10.6. The number of methoxy groups -OCH3 is 1. The summed E-state index contributed by atoms with van der Waals surface area (Å²) in [7, 11) is 1.34. The second-order valence-electron chi connectivity index (χ2n) is 6.06. The van der Waals surface area contributed by atoms with Gasteiger partial charge in [-0.3, -0.25) is 14.9 Å². The first-order chi connectivity index (χ1) is 14.0. The van der Waals surface area contributed by atoms with E-state index in [0.717, 1.165) is 17.3 Å². The minimum Gasteiger partial charge on any atom is -0.490 e. The fourth-order valence-corrected chi connectivity index (χ4v) is 3.15. The average molecular weight is 414 g/mol. The van der Waals surface area contributed by atoms with Gasteiger partial charge in [0.1, 0.15) is 0 Å². The van der Waals surface area contributed by atoms with E-state index in [-0.39, 0.29) is 23.1 Å². The Morgan fingerprint density at radius 3 is 2.72 bits per heavy atom. The molecule has 150 valence electrons. The Kier molecular flexibility index (Phi) is 6.45. The van der Waals surface area contributed by atoms with Crippen LogP contribution < -0.4 is 10.1 Å². The number of nitro groups is 1. The molecule has 0 spiro atoms. The molecule has 0 fully saturated rings. The number of benzene rings is 2. The van der Waals surface area contributed by atoms with E-state index in [1.54, 1.807) is 6.92 Å². The number of nitrogens with zero attached hydrogens (tertiary/aromatic N) is 3. The Morgan fingerprint density at radius 2 is 2.03 bits per heavy atom. The zero-order valence-electron chi connectivity index (χ0n) is 15.7. The zero-order chi connectivity index (χ0) is 20.8. The number of aromatic nitrogens is 2. The average Bonchev–Trinajstić information content (AvgIpc) is 3.15. The van der Waals surface area contributed by atoms with Crippen molar-refractivity contribution in [2.24, 2.45) is 0 Å². The first-order valence-corrected chi connectivity index (χ1v) is 9.57. The highest BCUT2D eigenvalue weighted by Crippen LogP contribution is 2.32. The maximum atomic E-state index is 12.3. The summed E-state index contributed by atoms with van der Waals surface area (Å²) in [6, 6.07) is 12.5. The van der Waals surface area contributed by atoms with E-state index in [2.05, 4.69) is 15.5 Å². The summed E-state index contributed by atoms with van der Waals surface area (Å²) in [5.74, 6) is 0.281. The van der Waals surface area contributed by atoms with Gasteiger partial charge in [-0.05, 0) is 18.1 Å². The van der Waals surface area contributed by atoms with Gasteiger partial charge in [-0.15, -0.1) is 10.2 Å². The number of carbonyl (C=O) groups is 1. The predicted molar refractivity (Wildman–Crippen MR) is 107 cm³/mol. The maximum absolute atomic E-state index is 12.3. The fraction of sp³-hybridized carbons (Fsp3) is 0.211. The number of ether oxygens (including phenoxy) is 1. The van der Waals surface area contributed by atoms with Gasteiger partial charge in [0.25, 0.3) is 5.22 Å². The third-order valence-electron chi connectivity index (χ3n) is 3.97. The number of anilines is 1. The second-order valence-corrected chi connectivity index (χ2v) is 6.98. The lowest BCUT2D eigenvalue weighted by Crippen LogP contribution is -2.15. The third kappa shape index (κ3) is 5.32. The Morgan fingerprint density at radius 1 is 1.28 bits per heavy atom. The Balaban J connectivity index is 1.58. The van der Waals surface area contributed by atoms with Crippen LogP contribution in [0.1, 0.15) is 17.0 Å². The first-order valence-electron chi connectivity index (χ1n) is 8.58.